The predicted molar refractivity (Wildman–Crippen MR) is 102 cm³/mol. The number of hydrogen-bond donors (Lipinski definition) is 2. The quantitative estimate of drug-likeness (QED) is 0.722. The van der Waals surface area contributed by atoms with Gasteiger partial charge in [-0.2, -0.15) is 0 Å². The molecule has 1 aromatic rings. The van der Waals surface area contributed by atoms with E-state index in [1.807, 2.05) is 20.8 Å². The van der Waals surface area contributed by atoms with Gasteiger partial charge in [0.15, 0.2) is 0 Å². The van der Waals surface area contributed by atoms with Crippen LogP contribution in [0.4, 0.5) is 4.79 Å². The lowest BCUT2D eigenvalue weighted by Crippen LogP contribution is -2.57. The van der Waals surface area contributed by atoms with E-state index >= 15 is 0 Å². The van der Waals surface area contributed by atoms with Crippen molar-refractivity contribution in [3.05, 3.63) is 29.3 Å². The molecule has 1 amide bonds. The summed E-state index contributed by atoms with van der Waals surface area (Å²) in [7, 11) is -2.83. The largest absolute Gasteiger partial charge is 0.465 e. The number of esters is 1. The molecule has 28 heavy (non-hydrogen) atoms. The molecule has 3 N–H and O–H groups in total. The highest BCUT2D eigenvalue weighted by Gasteiger charge is 2.35. The van der Waals surface area contributed by atoms with Gasteiger partial charge in [0.25, 0.3) is 0 Å². The highest BCUT2D eigenvalue weighted by molar-refractivity contribution is 7.89. The molecule has 0 unspecified atom stereocenters. The Hall–Kier alpha value is -2.17. The molecule has 10 heteroatoms. The third kappa shape index (κ3) is 4.81. The van der Waals surface area contributed by atoms with Gasteiger partial charge in [0.2, 0.25) is 10.0 Å². The SMILES string of the molecule is COC(=O)c1ccc(C2CCN(N(C(=O)O)C(C)(C)C)CC2)c(S(N)(=O)=O)c1. The molecule has 0 atom stereocenters. The van der Waals surface area contributed by atoms with Crippen molar-refractivity contribution in [2.45, 2.75) is 50.0 Å². The van der Waals surface area contributed by atoms with Crippen LogP contribution >= 0.6 is 0 Å². The first-order chi connectivity index (χ1) is 12.9. The third-order valence-corrected chi connectivity index (χ3v) is 5.72. The van der Waals surface area contributed by atoms with Gasteiger partial charge >= 0.3 is 12.1 Å². The van der Waals surface area contributed by atoms with Gasteiger partial charge in [-0.05, 0) is 57.2 Å². The van der Waals surface area contributed by atoms with Crippen molar-refractivity contribution >= 4 is 22.1 Å². The van der Waals surface area contributed by atoms with E-state index in [1.165, 1.54) is 24.3 Å². The zero-order valence-corrected chi connectivity index (χ0v) is 17.3. The van der Waals surface area contributed by atoms with Gasteiger partial charge in [-0.1, -0.05) is 6.07 Å². The van der Waals surface area contributed by atoms with Crippen LogP contribution in [0.1, 0.15) is 55.5 Å². The van der Waals surface area contributed by atoms with Crippen molar-refractivity contribution in [3.8, 4) is 0 Å². The van der Waals surface area contributed by atoms with E-state index in [1.54, 1.807) is 11.1 Å². The lowest BCUT2D eigenvalue weighted by atomic mass is 9.89. The van der Waals surface area contributed by atoms with Gasteiger partial charge in [-0.25, -0.2) is 33.2 Å². The number of piperidine rings is 1. The smallest absolute Gasteiger partial charge is 0.422 e. The second kappa shape index (κ2) is 8.06. The molecule has 0 saturated carbocycles. The summed E-state index contributed by atoms with van der Waals surface area (Å²) in [5, 5.41) is 18.0. The molecule has 0 radical (unpaired) electrons. The normalized spacial score (nSPS) is 16.6. The van der Waals surface area contributed by atoms with Crippen LogP contribution in [0.2, 0.25) is 0 Å². The van der Waals surface area contributed by atoms with Crippen LogP contribution in [0.25, 0.3) is 0 Å². The van der Waals surface area contributed by atoms with Crippen LogP contribution in [0.15, 0.2) is 23.1 Å². The van der Waals surface area contributed by atoms with Crippen molar-refractivity contribution in [2.75, 3.05) is 20.2 Å². The number of sulfonamides is 1. The zero-order valence-electron chi connectivity index (χ0n) is 16.5. The summed E-state index contributed by atoms with van der Waals surface area (Å²) in [6.07, 6.45) is 0.0819. The summed E-state index contributed by atoms with van der Waals surface area (Å²) in [6.45, 7) is 6.36. The zero-order chi connectivity index (χ0) is 21.3. The number of amides is 1. The monoisotopic (exact) mass is 413 g/mol. The van der Waals surface area contributed by atoms with Gasteiger partial charge in [0.05, 0.1) is 23.1 Å². The van der Waals surface area contributed by atoms with E-state index in [0.29, 0.717) is 31.5 Å². The first-order valence-corrected chi connectivity index (χ1v) is 10.4. The molecule has 1 aromatic carbocycles. The summed E-state index contributed by atoms with van der Waals surface area (Å²) in [5.74, 6) is -0.763. The highest BCUT2D eigenvalue weighted by Crippen LogP contribution is 2.34. The summed E-state index contributed by atoms with van der Waals surface area (Å²) in [6, 6.07) is 4.34. The average molecular weight is 413 g/mol. The number of hydrogen-bond acceptors (Lipinski definition) is 6. The molecule has 1 aliphatic heterocycles. The number of ether oxygens (including phenoxy) is 1. The molecule has 0 aliphatic carbocycles. The van der Waals surface area contributed by atoms with Crippen molar-refractivity contribution < 1.29 is 27.9 Å². The second-order valence-electron chi connectivity index (χ2n) is 7.78. The van der Waals surface area contributed by atoms with Crippen molar-refractivity contribution in [1.82, 2.24) is 10.0 Å². The van der Waals surface area contributed by atoms with E-state index < -0.39 is 27.6 Å². The number of hydrazine groups is 1. The Morgan fingerprint density at radius 1 is 1.25 bits per heavy atom. The molecule has 0 spiro atoms. The molecule has 1 fully saturated rings. The van der Waals surface area contributed by atoms with Crippen LogP contribution in [-0.4, -0.2) is 61.3 Å². The van der Waals surface area contributed by atoms with E-state index in [-0.39, 0.29) is 16.4 Å². The number of carbonyl (C=O) groups is 2. The lowest BCUT2D eigenvalue weighted by molar-refractivity contribution is -0.0783. The molecular formula is C18H27N3O6S. The standard InChI is InChI=1S/C18H27N3O6S/c1-18(2,3)21(17(23)24)20-9-7-12(8-10-20)14-6-5-13(16(22)27-4)11-15(14)28(19,25)26/h5-6,11-12H,7-10H2,1-4H3,(H,23,24)(H2,19,25,26). The van der Waals surface area contributed by atoms with E-state index in [0.717, 1.165) is 0 Å². The Balaban J connectivity index is 2.29. The fourth-order valence-electron chi connectivity index (χ4n) is 3.57. The number of nitrogens with zero attached hydrogens (tertiary/aromatic N) is 2. The van der Waals surface area contributed by atoms with Crippen LogP contribution in [0, 0.1) is 0 Å². The van der Waals surface area contributed by atoms with Gasteiger partial charge in [0, 0.05) is 13.1 Å². The molecule has 0 aromatic heterocycles. The van der Waals surface area contributed by atoms with Crippen LogP contribution in [0.5, 0.6) is 0 Å². The maximum Gasteiger partial charge on any atom is 0.422 e. The first kappa shape index (κ1) is 22.1. The summed E-state index contributed by atoms with van der Waals surface area (Å²) in [5.41, 5.74) is 0.0528. The van der Waals surface area contributed by atoms with Gasteiger partial charge in [0.1, 0.15) is 0 Å². The van der Waals surface area contributed by atoms with Crippen LogP contribution in [0.3, 0.4) is 0 Å². The summed E-state index contributed by atoms with van der Waals surface area (Å²) < 4.78 is 28.8. The molecule has 156 valence electrons. The number of carboxylic acid groups (broad SMARTS) is 1. The summed E-state index contributed by atoms with van der Waals surface area (Å²) >= 11 is 0. The minimum absolute atomic E-state index is 0.0974. The minimum atomic E-state index is -4.04. The van der Waals surface area contributed by atoms with Gasteiger partial charge < -0.3 is 9.84 Å². The highest BCUT2D eigenvalue weighted by atomic mass is 32.2. The Morgan fingerprint density at radius 2 is 1.82 bits per heavy atom. The van der Waals surface area contributed by atoms with Crippen molar-refractivity contribution in [1.29, 1.82) is 0 Å². The number of methoxy groups -OCH3 is 1. The first-order valence-electron chi connectivity index (χ1n) is 8.89. The van der Waals surface area contributed by atoms with E-state index in [9.17, 15) is 23.1 Å². The molecule has 1 aliphatic rings. The van der Waals surface area contributed by atoms with Crippen LogP contribution in [-0.2, 0) is 14.8 Å². The molecule has 9 nitrogen and oxygen atoms in total. The third-order valence-electron chi connectivity index (χ3n) is 4.75. The summed E-state index contributed by atoms with van der Waals surface area (Å²) in [4.78, 5) is 23.3. The Labute approximate surface area is 165 Å². The Morgan fingerprint density at radius 3 is 2.25 bits per heavy atom. The maximum atomic E-state index is 12.1. The average Bonchev–Trinajstić information content (AvgIpc) is 2.59. The molecule has 1 heterocycles. The Bertz CT molecular complexity index is 855. The predicted octanol–water partition coefficient (Wildman–Crippen LogP) is 1.99. The van der Waals surface area contributed by atoms with Crippen molar-refractivity contribution in [2.24, 2.45) is 5.14 Å². The number of rotatable bonds is 4. The maximum absolute atomic E-state index is 12.1. The molecule has 1 saturated heterocycles. The van der Waals surface area contributed by atoms with E-state index in [2.05, 4.69) is 4.74 Å². The minimum Gasteiger partial charge on any atom is -0.465 e. The van der Waals surface area contributed by atoms with E-state index in [4.69, 9.17) is 5.14 Å². The number of primary sulfonamides is 1. The Kier molecular flexibility index (Phi) is 6.37. The molecule has 2 rings (SSSR count). The van der Waals surface area contributed by atoms with Gasteiger partial charge in [-0.15, -0.1) is 0 Å². The number of benzene rings is 1. The number of nitrogens with two attached hydrogens (primary N) is 1. The second-order valence-corrected chi connectivity index (χ2v) is 9.31. The topological polar surface area (TPSA) is 130 Å². The molecule has 0 bridgehead atoms. The fourth-order valence-corrected chi connectivity index (χ4v) is 4.43. The molecular weight excluding hydrogens is 386 g/mol. The number of carbonyl (C=O) groups excluding carboxylic acids is 1. The van der Waals surface area contributed by atoms with Gasteiger partial charge in [-0.3, -0.25) is 0 Å². The fraction of sp³-hybridized carbons (Fsp3) is 0.556. The lowest BCUT2D eigenvalue weighted by Gasteiger charge is -2.44. The van der Waals surface area contributed by atoms with Crippen molar-refractivity contribution in [3.63, 3.8) is 0 Å². The van der Waals surface area contributed by atoms with Crippen LogP contribution < -0.4 is 5.14 Å².